The van der Waals surface area contributed by atoms with Crippen molar-refractivity contribution in [1.29, 1.82) is 0 Å². The summed E-state index contributed by atoms with van der Waals surface area (Å²) in [4.78, 5) is 22.2. The molecule has 2 aromatic rings. The van der Waals surface area contributed by atoms with Crippen LogP contribution < -0.4 is 15.4 Å². The molecule has 0 unspecified atom stereocenters. The Hall–Kier alpha value is -3.30. The maximum atomic E-state index is 12.7. The van der Waals surface area contributed by atoms with Gasteiger partial charge >= 0.3 is 6.18 Å². The van der Waals surface area contributed by atoms with E-state index in [4.69, 9.17) is 4.74 Å². The van der Waals surface area contributed by atoms with E-state index in [1.165, 1.54) is 0 Å². The highest BCUT2D eigenvalue weighted by Crippen LogP contribution is 2.35. The second-order valence-electron chi connectivity index (χ2n) is 5.64. The second kappa shape index (κ2) is 9.07. The van der Waals surface area contributed by atoms with Crippen molar-refractivity contribution in [2.75, 3.05) is 23.8 Å². The predicted octanol–water partition coefficient (Wildman–Crippen LogP) is 4.45. The number of ether oxygens (including phenoxy) is 1. The van der Waals surface area contributed by atoms with Gasteiger partial charge in [0.05, 0.1) is 22.8 Å². The van der Waals surface area contributed by atoms with E-state index in [2.05, 4.69) is 10.6 Å². The molecule has 0 saturated heterocycles. The minimum atomic E-state index is -4.68. The molecule has 0 atom stereocenters. The molecule has 1 amide bonds. The van der Waals surface area contributed by atoms with Gasteiger partial charge in [0.1, 0.15) is 11.4 Å². The Morgan fingerprint density at radius 3 is 2.54 bits per heavy atom. The van der Waals surface area contributed by atoms with Gasteiger partial charge in [-0.05, 0) is 31.2 Å². The molecule has 2 aromatic carbocycles. The third-order valence-corrected chi connectivity index (χ3v) is 3.65. The molecule has 2 N–H and O–H groups in total. The zero-order valence-corrected chi connectivity index (χ0v) is 14.9. The number of carbonyl (C=O) groups is 1. The van der Waals surface area contributed by atoms with Crippen LogP contribution in [0.5, 0.6) is 5.75 Å². The third kappa shape index (κ3) is 5.60. The fourth-order valence-corrected chi connectivity index (χ4v) is 2.38. The summed E-state index contributed by atoms with van der Waals surface area (Å²) in [6.07, 6.45) is -4.74. The van der Waals surface area contributed by atoms with E-state index in [0.717, 1.165) is 12.1 Å². The van der Waals surface area contributed by atoms with Crippen molar-refractivity contribution in [2.45, 2.75) is 19.5 Å². The minimum absolute atomic E-state index is 0.00512. The number of benzene rings is 2. The highest BCUT2D eigenvalue weighted by Gasteiger charge is 2.33. The molecule has 0 radical (unpaired) electrons. The van der Waals surface area contributed by atoms with E-state index >= 15 is 0 Å². The Balaban J connectivity index is 1.99. The molecule has 10 heteroatoms. The molecule has 0 aliphatic carbocycles. The number of rotatable bonds is 8. The highest BCUT2D eigenvalue weighted by molar-refractivity contribution is 5.92. The number of nitrogens with zero attached hydrogens (tertiary/aromatic N) is 1. The van der Waals surface area contributed by atoms with Crippen molar-refractivity contribution in [2.24, 2.45) is 0 Å². The third-order valence-electron chi connectivity index (χ3n) is 3.65. The molecule has 0 heterocycles. The van der Waals surface area contributed by atoms with Crippen molar-refractivity contribution in [3.63, 3.8) is 0 Å². The SMILES string of the molecule is CCOc1ccccc1NC(=O)CCNc1ccc(C(F)(F)F)cc1[N+](=O)[O-]. The lowest BCUT2D eigenvalue weighted by molar-refractivity contribution is -0.384. The number of nitrogens with one attached hydrogen (secondary N) is 2. The normalized spacial score (nSPS) is 11.0. The number of carbonyl (C=O) groups excluding carboxylic acids is 1. The molecule has 0 fully saturated rings. The van der Waals surface area contributed by atoms with Crippen LogP contribution in [0.1, 0.15) is 18.9 Å². The van der Waals surface area contributed by atoms with Gasteiger partial charge in [0, 0.05) is 19.0 Å². The number of hydrogen-bond donors (Lipinski definition) is 2. The van der Waals surface area contributed by atoms with Crippen LogP contribution in [0.3, 0.4) is 0 Å². The van der Waals surface area contributed by atoms with E-state index in [1.54, 1.807) is 31.2 Å². The molecule has 0 aliphatic rings. The van der Waals surface area contributed by atoms with Gasteiger partial charge in [-0.1, -0.05) is 12.1 Å². The van der Waals surface area contributed by atoms with E-state index < -0.39 is 22.4 Å². The lowest BCUT2D eigenvalue weighted by Crippen LogP contribution is -2.17. The number of nitro groups is 1. The Labute approximate surface area is 158 Å². The van der Waals surface area contributed by atoms with Gasteiger partial charge in [-0.25, -0.2) is 0 Å². The van der Waals surface area contributed by atoms with Gasteiger partial charge in [0.15, 0.2) is 0 Å². The largest absolute Gasteiger partial charge is 0.492 e. The zero-order chi connectivity index (χ0) is 20.7. The van der Waals surface area contributed by atoms with Crippen LogP contribution in [0.15, 0.2) is 42.5 Å². The Morgan fingerprint density at radius 1 is 1.18 bits per heavy atom. The molecule has 0 aliphatic heterocycles. The molecular formula is C18H18F3N3O4. The quantitative estimate of drug-likeness (QED) is 0.507. The molecule has 0 saturated carbocycles. The topological polar surface area (TPSA) is 93.5 Å². The fourth-order valence-electron chi connectivity index (χ4n) is 2.38. The number of amides is 1. The number of para-hydroxylation sites is 2. The van der Waals surface area contributed by atoms with Crippen LogP contribution in [-0.2, 0) is 11.0 Å². The summed E-state index contributed by atoms with van der Waals surface area (Å²) in [5.41, 5.74) is -1.44. The summed E-state index contributed by atoms with van der Waals surface area (Å²) in [7, 11) is 0. The first-order chi connectivity index (χ1) is 13.2. The highest BCUT2D eigenvalue weighted by atomic mass is 19.4. The molecule has 0 spiro atoms. The van der Waals surface area contributed by atoms with Crippen molar-refractivity contribution in [1.82, 2.24) is 0 Å². The number of hydrogen-bond acceptors (Lipinski definition) is 5. The van der Waals surface area contributed by atoms with Crippen LogP contribution in [0.25, 0.3) is 0 Å². The summed E-state index contributed by atoms with van der Waals surface area (Å²) < 4.78 is 43.5. The van der Waals surface area contributed by atoms with Crippen LogP contribution in [0, 0.1) is 10.1 Å². The van der Waals surface area contributed by atoms with E-state index in [1.807, 2.05) is 0 Å². The minimum Gasteiger partial charge on any atom is -0.492 e. The molecular weight excluding hydrogens is 379 g/mol. The average Bonchev–Trinajstić information content (AvgIpc) is 2.62. The van der Waals surface area contributed by atoms with Gasteiger partial charge in [-0.3, -0.25) is 14.9 Å². The van der Waals surface area contributed by atoms with Crippen LogP contribution in [-0.4, -0.2) is 24.0 Å². The first-order valence-corrected chi connectivity index (χ1v) is 8.33. The maximum Gasteiger partial charge on any atom is 0.416 e. The molecule has 0 aromatic heterocycles. The van der Waals surface area contributed by atoms with Gasteiger partial charge in [-0.2, -0.15) is 13.2 Å². The maximum absolute atomic E-state index is 12.7. The molecule has 7 nitrogen and oxygen atoms in total. The number of alkyl halides is 3. The van der Waals surface area contributed by atoms with E-state index in [-0.39, 0.29) is 24.6 Å². The second-order valence-corrected chi connectivity index (χ2v) is 5.64. The number of anilines is 2. The van der Waals surface area contributed by atoms with Crippen molar-refractivity contribution < 1.29 is 27.6 Å². The van der Waals surface area contributed by atoms with Gasteiger partial charge in [0.25, 0.3) is 5.69 Å². The van der Waals surface area contributed by atoms with E-state index in [0.29, 0.717) is 24.1 Å². The zero-order valence-electron chi connectivity index (χ0n) is 14.9. The van der Waals surface area contributed by atoms with Crippen molar-refractivity contribution in [3.05, 3.63) is 58.1 Å². The fraction of sp³-hybridized carbons (Fsp3) is 0.278. The summed E-state index contributed by atoms with van der Waals surface area (Å²) in [6, 6.07) is 9.02. The first-order valence-electron chi connectivity index (χ1n) is 8.33. The Morgan fingerprint density at radius 2 is 1.89 bits per heavy atom. The van der Waals surface area contributed by atoms with Crippen LogP contribution >= 0.6 is 0 Å². The Bertz CT molecular complexity index is 856. The average molecular weight is 397 g/mol. The monoisotopic (exact) mass is 397 g/mol. The van der Waals surface area contributed by atoms with Crippen molar-refractivity contribution >= 4 is 23.0 Å². The predicted molar refractivity (Wildman–Crippen MR) is 97.4 cm³/mol. The summed E-state index contributed by atoms with van der Waals surface area (Å²) in [5, 5.41) is 16.3. The summed E-state index contributed by atoms with van der Waals surface area (Å²) >= 11 is 0. The van der Waals surface area contributed by atoms with Gasteiger partial charge in [-0.15, -0.1) is 0 Å². The lowest BCUT2D eigenvalue weighted by atomic mass is 10.1. The van der Waals surface area contributed by atoms with Gasteiger partial charge < -0.3 is 15.4 Å². The van der Waals surface area contributed by atoms with Crippen LogP contribution in [0.4, 0.5) is 30.2 Å². The first kappa shape index (κ1) is 21.0. The number of halogens is 3. The molecule has 150 valence electrons. The number of nitro benzene ring substituents is 1. The summed E-state index contributed by atoms with van der Waals surface area (Å²) in [5.74, 6) is 0.124. The van der Waals surface area contributed by atoms with E-state index in [9.17, 15) is 28.1 Å². The van der Waals surface area contributed by atoms with Crippen molar-refractivity contribution in [3.8, 4) is 5.75 Å². The van der Waals surface area contributed by atoms with Gasteiger partial charge in [0.2, 0.25) is 5.91 Å². The molecule has 2 rings (SSSR count). The standard InChI is InChI=1S/C18H18F3N3O4/c1-2-28-16-6-4-3-5-14(16)23-17(25)9-10-22-13-8-7-12(18(19,20)21)11-15(13)24(26)27/h3-8,11,22H,2,9-10H2,1H3,(H,23,25). The molecule has 0 bridgehead atoms. The smallest absolute Gasteiger partial charge is 0.416 e. The van der Waals surface area contributed by atoms with Crippen LogP contribution in [0.2, 0.25) is 0 Å². The Kier molecular flexibility index (Phi) is 6.80. The summed E-state index contributed by atoms with van der Waals surface area (Å²) in [6.45, 7) is 2.22. The molecule has 28 heavy (non-hydrogen) atoms. The lowest BCUT2D eigenvalue weighted by Gasteiger charge is -2.12.